The number of ether oxygens (including phenoxy) is 1. The first-order valence-corrected chi connectivity index (χ1v) is 4.82. The van der Waals surface area contributed by atoms with Crippen LogP contribution < -0.4 is 0 Å². The van der Waals surface area contributed by atoms with Crippen LogP contribution >= 0.6 is 0 Å². The summed E-state index contributed by atoms with van der Waals surface area (Å²) < 4.78 is 4.85. The van der Waals surface area contributed by atoms with E-state index in [1.807, 2.05) is 0 Å². The number of hydrogen-bond donors (Lipinski definition) is 1. The Hall–Kier alpha value is -0.610. The first-order chi connectivity index (χ1) is 6.22. The number of carbonyl (C=O) groups excluding carboxylic acids is 1. The zero-order valence-corrected chi connectivity index (χ0v) is 7.66. The maximum absolute atomic E-state index is 11.7. The van der Waals surface area contributed by atoms with Crippen molar-refractivity contribution < 1.29 is 14.6 Å². The smallest absolute Gasteiger partial charge is 0.259 e. The second kappa shape index (κ2) is 3.27. The summed E-state index contributed by atoms with van der Waals surface area (Å²) in [6.07, 6.45) is 3.31. The summed E-state index contributed by atoms with van der Waals surface area (Å²) in [5.41, 5.74) is -1.20. The molecular weight excluding hydrogens is 170 g/mol. The topological polar surface area (TPSA) is 49.8 Å². The lowest BCUT2D eigenvalue weighted by molar-refractivity contribution is -0.200. The number of likely N-dealkylation sites (tertiary alicyclic amines) is 1. The molecule has 0 saturated carbocycles. The van der Waals surface area contributed by atoms with Crippen molar-refractivity contribution in [1.82, 2.24) is 4.90 Å². The molecule has 0 spiro atoms. The Morgan fingerprint density at radius 3 is 2.31 bits per heavy atom. The second-order valence-electron chi connectivity index (χ2n) is 3.88. The van der Waals surface area contributed by atoms with Gasteiger partial charge in [-0.3, -0.25) is 4.79 Å². The average molecular weight is 185 g/mol. The number of rotatable bonds is 1. The third kappa shape index (κ3) is 1.56. The van der Waals surface area contributed by atoms with E-state index in [2.05, 4.69) is 0 Å². The van der Waals surface area contributed by atoms with E-state index in [1.165, 1.54) is 6.42 Å². The molecule has 0 unspecified atom stereocenters. The number of nitrogens with zero attached hydrogens (tertiary/aromatic N) is 1. The number of aliphatic hydroxyl groups is 1. The number of amides is 1. The predicted molar refractivity (Wildman–Crippen MR) is 46.2 cm³/mol. The SMILES string of the molecule is O=C(N1CCCCC1)C1(O)COC1. The fourth-order valence-electron chi connectivity index (χ4n) is 1.81. The van der Waals surface area contributed by atoms with Crippen LogP contribution in [0.5, 0.6) is 0 Å². The quantitative estimate of drug-likeness (QED) is 0.613. The number of carbonyl (C=O) groups is 1. The third-order valence-electron chi connectivity index (χ3n) is 2.72. The van der Waals surface area contributed by atoms with E-state index in [4.69, 9.17) is 4.74 Å². The van der Waals surface area contributed by atoms with Crippen LogP contribution in [-0.4, -0.2) is 47.8 Å². The Balaban J connectivity index is 1.95. The zero-order valence-electron chi connectivity index (χ0n) is 7.66. The van der Waals surface area contributed by atoms with Gasteiger partial charge in [0, 0.05) is 13.1 Å². The Morgan fingerprint density at radius 1 is 1.23 bits per heavy atom. The molecule has 2 rings (SSSR count). The molecule has 0 atom stereocenters. The molecule has 2 aliphatic rings. The molecule has 2 aliphatic heterocycles. The number of hydrogen-bond acceptors (Lipinski definition) is 3. The highest BCUT2D eigenvalue weighted by Gasteiger charge is 2.46. The van der Waals surface area contributed by atoms with Gasteiger partial charge in [-0.05, 0) is 19.3 Å². The van der Waals surface area contributed by atoms with E-state index in [0.717, 1.165) is 25.9 Å². The van der Waals surface area contributed by atoms with Crippen LogP contribution in [0.4, 0.5) is 0 Å². The molecule has 0 bridgehead atoms. The van der Waals surface area contributed by atoms with Gasteiger partial charge in [0.1, 0.15) is 0 Å². The van der Waals surface area contributed by atoms with Gasteiger partial charge in [0.15, 0.2) is 5.60 Å². The van der Waals surface area contributed by atoms with Crippen LogP contribution in [0.1, 0.15) is 19.3 Å². The highest BCUT2D eigenvalue weighted by atomic mass is 16.5. The summed E-state index contributed by atoms with van der Waals surface area (Å²) in [5, 5.41) is 9.71. The van der Waals surface area contributed by atoms with Crippen molar-refractivity contribution in [1.29, 1.82) is 0 Å². The second-order valence-corrected chi connectivity index (χ2v) is 3.88. The largest absolute Gasteiger partial charge is 0.376 e. The molecule has 13 heavy (non-hydrogen) atoms. The van der Waals surface area contributed by atoms with E-state index in [1.54, 1.807) is 4.90 Å². The van der Waals surface area contributed by atoms with E-state index >= 15 is 0 Å². The molecule has 4 heteroatoms. The molecule has 0 aromatic heterocycles. The standard InChI is InChI=1S/C9H15NO3/c11-8(9(12)6-13-7-9)10-4-2-1-3-5-10/h12H,1-7H2. The minimum Gasteiger partial charge on any atom is -0.376 e. The lowest BCUT2D eigenvalue weighted by Crippen LogP contribution is -2.61. The van der Waals surface area contributed by atoms with Gasteiger partial charge in [0.2, 0.25) is 0 Å². The minimum absolute atomic E-state index is 0.140. The molecule has 1 amide bonds. The highest BCUT2D eigenvalue weighted by molar-refractivity contribution is 5.86. The van der Waals surface area contributed by atoms with Crippen LogP contribution in [0.25, 0.3) is 0 Å². The molecule has 2 fully saturated rings. The van der Waals surface area contributed by atoms with Gasteiger partial charge in [0.05, 0.1) is 13.2 Å². The Bertz CT molecular complexity index is 207. The molecule has 0 aromatic rings. The molecule has 0 aliphatic carbocycles. The molecule has 1 N–H and O–H groups in total. The lowest BCUT2D eigenvalue weighted by Gasteiger charge is -2.39. The van der Waals surface area contributed by atoms with E-state index < -0.39 is 5.60 Å². The van der Waals surface area contributed by atoms with Gasteiger partial charge < -0.3 is 14.7 Å². The summed E-state index contributed by atoms with van der Waals surface area (Å²) in [4.78, 5) is 13.5. The molecule has 4 nitrogen and oxygen atoms in total. The predicted octanol–water partition coefficient (Wildman–Crippen LogP) is -0.240. The fourth-order valence-corrected chi connectivity index (χ4v) is 1.81. The summed E-state index contributed by atoms with van der Waals surface area (Å²) in [7, 11) is 0. The van der Waals surface area contributed by atoms with Crippen LogP contribution in [0.3, 0.4) is 0 Å². The van der Waals surface area contributed by atoms with E-state index in [0.29, 0.717) is 0 Å². The van der Waals surface area contributed by atoms with Crippen molar-refractivity contribution in [2.45, 2.75) is 24.9 Å². The summed E-state index contributed by atoms with van der Waals surface area (Å²) >= 11 is 0. The number of piperidine rings is 1. The lowest BCUT2D eigenvalue weighted by atomic mass is 9.99. The maximum atomic E-state index is 11.7. The summed E-state index contributed by atoms with van der Waals surface area (Å²) in [6, 6.07) is 0. The first-order valence-electron chi connectivity index (χ1n) is 4.82. The Morgan fingerprint density at radius 2 is 1.85 bits per heavy atom. The van der Waals surface area contributed by atoms with Crippen molar-refractivity contribution in [3.63, 3.8) is 0 Å². The average Bonchev–Trinajstić information content (AvgIpc) is 2.14. The third-order valence-corrected chi connectivity index (χ3v) is 2.72. The maximum Gasteiger partial charge on any atom is 0.259 e. The van der Waals surface area contributed by atoms with Gasteiger partial charge in [0.25, 0.3) is 5.91 Å². The molecule has 2 saturated heterocycles. The Labute approximate surface area is 77.5 Å². The van der Waals surface area contributed by atoms with Gasteiger partial charge in [-0.25, -0.2) is 0 Å². The molecular formula is C9H15NO3. The van der Waals surface area contributed by atoms with Crippen molar-refractivity contribution >= 4 is 5.91 Å². The Kier molecular flexibility index (Phi) is 2.26. The van der Waals surface area contributed by atoms with Crippen LogP contribution in [0, 0.1) is 0 Å². The first kappa shape index (κ1) is 8.97. The van der Waals surface area contributed by atoms with Gasteiger partial charge >= 0.3 is 0 Å². The summed E-state index contributed by atoms with van der Waals surface area (Å²) in [6.45, 7) is 1.92. The van der Waals surface area contributed by atoms with Crippen LogP contribution in [-0.2, 0) is 9.53 Å². The molecule has 0 aromatic carbocycles. The minimum atomic E-state index is -1.20. The van der Waals surface area contributed by atoms with Crippen LogP contribution in [0.2, 0.25) is 0 Å². The van der Waals surface area contributed by atoms with Crippen molar-refractivity contribution in [3.05, 3.63) is 0 Å². The van der Waals surface area contributed by atoms with Crippen molar-refractivity contribution in [2.24, 2.45) is 0 Å². The molecule has 2 heterocycles. The molecule has 0 radical (unpaired) electrons. The fraction of sp³-hybridized carbons (Fsp3) is 0.889. The highest BCUT2D eigenvalue weighted by Crippen LogP contribution is 2.21. The van der Waals surface area contributed by atoms with Crippen molar-refractivity contribution in [3.8, 4) is 0 Å². The van der Waals surface area contributed by atoms with Gasteiger partial charge in [-0.1, -0.05) is 0 Å². The van der Waals surface area contributed by atoms with E-state index in [-0.39, 0.29) is 19.1 Å². The zero-order chi connectivity index (χ0) is 9.31. The van der Waals surface area contributed by atoms with E-state index in [9.17, 15) is 9.90 Å². The van der Waals surface area contributed by atoms with Gasteiger partial charge in [-0.15, -0.1) is 0 Å². The van der Waals surface area contributed by atoms with Gasteiger partial charge in [-0.2, -0.15) is 0 Å². The van der Waals surface area contributed by atoms with Crippen molar-refractivity contribution in [2.75, 3.05) is 26.3 Å². The molecule has 74 valence electrons. The van der Waals surface area contributed by atoms with Crippen LogP contribution in [0.15, 0.2) is 0 Å². The monoisotopic (exact) mass is 185 g/mol. The normalized spacial score (nSPS) is 26.7. The summed E-state index contributed by atoms with van der Waals surface area (Å²) in [5.74, 6) is -0.140.